The van der Waals surface area contributed by atoms with Crippen LogP contribution in [0.4, 0.5) is 11.5 Å². The van der Waals surface area contributed by atoms with E-state index in [-0.39, 0.29) is 11.6 Å². The van der Waals surface area contributed by atoms with Crippen molar-refractivity contribution in [3.63, 3.8) is 0 Å². The van der Waals surface area contributed by atoms with Gasteiger partial charge < -0.3 is 25.0 Å². The Morgan fingerprint density at radius 1 is 1.15 bits per heavy atom. The molecule has 0 radical (unpaired) electrons. The van der Waals surface area contributed by atoms with Crippen molar-refractivity contribution in [3.05, 3.63) is 35.2 Å². The number of hydrogen-bond acceptors (Lipinski definition) is 7. The lowest BCUT2D eigenvalue weighted by atomic mass is 10.2. The van der Waals surface area contributed by atoms with E-state index >= 15 is 0 Å². The first kappa shape index (κ1) is 20.7. The average Bonchev–Trinajstić information content (AvgIpc) is 2.66. The van der Waals surface area contributed by atoms with Gasteiger partial charge in [0, 0.05) is 24.7 Å². The van der Waals surface area contributed by atoms with Gasteiger partial charge in [-0.2, -0.15) is 0 Å². The molecule has 1 aromatic heterocycles. The summed E-state index contributed by atoms with van der Waals surface area (Å²) in [6.07, 6.45) is 2.19. The molecule has 0 fully saturated rings. The van der Waals surface area contributed by atoms with Crippen LogP contribution in [0.15, 0.2) is 24.5 Å². The smallest absolute Gasteiger partial charge is 0.270 e. The Morgan fingerprint density at radius 3 is 2.56 bits per heavy atom. The number of nitrogens with zero attached hydrogens (tertiary/aromatic N) is 3. The van der Waals surface area contributed by atoms with E-state index in [0.717, 1.165) is 13.0 Å². The van der Waals surface area contributed by atoms with Gasteiger partial charge in [0.25, 0.3) is 5.91 Å². The lowest BCUT2D eigenvalue weighted by Gasteiger charge is -2.14. The number of aromatic nitrogens is 2. The lowest BCUT2D eigenvalue weighted by molar-refractivity contribution is 0.0947. The van der Waals surface area contributed by atoms with Crippen LogP contribution in [0, 0.1) is 0 Å². The summed E-state index contributed by atoms with van der Waals surface area (Å²) in [6.45, 7) is 1.47. The van der Waals surface area contributed by atoms with Crippen molar-refractivity contribution in [2.24, 2.45) is 0 Å². The standard InChI is InChI=1S/C18H24ClN5O3/c1-24(2)7-5-6-20-18(25)14-10-17(22-11-21-14)23-13-9-15(26-3)12(19)8-16(13)27-4/h8-11H,5-7H2,1-4H3,(H,20,25)(H,21,22,23). The Hall–Kier alpha value is -2.58. The number of rotatable bonds is 9. The maximum atomic E-state index is 12.3. The van der Waals surface area contributed by atoms with Crippen molar-refractivity contribution in [2.75, 3.05) is 46.7 Å². The molecular weight excluding hydrogens is 370 g/mol. The first-order valence-corrected chi connectivity index (χ1v) is 8.76. The van der Waals surface area contributed by atoms with E-state index in [1.54, 1.807) is 18.2 Å². The van der Waals surface area contributed by atoms with Crippen LogP contribution in [0.2, 0.25) is 5.02 Å². The molecule has 1 amide bonds. The van der Waals surface area contributed by atoms with E-state index in [1.165, 1.54) is 20.5 Å². The van der Waals surface area contributed by atoms with Crippen molar-refractivity contribution >= 4 is 29.0 Å². The third-order valence-electron chi connectivity index (χ3n) is 3.70. The van der Waals surface area contributed by atoms with Gasteiger partial charge in [-0.1, -0.05) is 11.6 Å². The van der Waals surface area contributed by atoms with Gasteiger partial charge in [-0.25, -0.2) is 9.97 Å². The third kappa shape index (κ3) is 5.97. The number of amides is 1. The molecule has 0 aliphatic carbocycles. The number of halogens is 1. The number of hydrogen-bond donors (Lipinski definition) is 2. The fraction of sp³-hybridized carbons (Fsp3) is 0.389. The normalized spacial score (nSPS) is 10.6. The van der Waals surface area contributed by atoms with Gasteiger partial charge in [0.05, 0.1) is 24.9 Å². The molecule has 1 heterocycles. The predicted molar refractivity (Wildman–Crippen MR) is 105 cm³/mol. The highest BCUT2D eigenvalue weighted by Crippen LogP contribution is 2.37. The van der Waals surface area contributed by atoms with Gasteiger partial charge in [0.2, 0.25) is 0 Å². The lowest BCUT2D eigenvalue weighted by Crippen LogP contribution is -2.27. The van der Waals surface area contributed by atoms with Gasteiger partial charge in [0.1, 0.15) is 29.3 Å². The number of benzene rings is 1. The monoisotopic (exact) mass is 393 g/mol. The Bertz CT molecular complexity index is 786. The molecule has 8 nitrogen and oxygen atoms in total. The molecule has 0 saturated heterocycles. The molecular formula is C18H24ClN5O3. The van der Waals surface area contributed by atoms with E-state index in [0.29, 0.717) is 34.6 Å². The largest absolute Gasteiger partial charge is 0.495 e. The van der Waals surface area contributed by atoms with E-state index in [9.17, 15) is 4.79 Å². The summed E-state index contributed by atoms with van der Waals surface area (Å²) >= 11 is 6.12. The Kier molecular flexibility index (Phi) is 7.63. The molecule has 2 aromatic rings. The summed E-state index contributed by atoms with van der Waals surface area (Å²) in [7, 11) is 7.05. The molecule has 146 valence electrons. The average molecular weight is 394 g/mol. The molecule has 9 heteroatoms. The van der Waals surface area contributed by atoms with Crippen LogP contribution in [-0.2, 0) is 0 Å². The van der Waals surface area contributed by atoms with Crippen LogP contribution < -0.4 is 20.1 Å². The molecule has 0 spiro atoms. The van der Waals surface area contributed by atoms with Crippen LogP contribution in [0.1, 0.15) is 16.9 Å². The molecule has 2 rings (SSSR count). The maximum absolute atomic E-state index is 12.3. The van der Waals surface area contributed by atoms with Crippen LogP contribution in [0.5, 0.6) is 11.5 Å². The van der Waals surface area contributed by atoms with Crippen molar-refractivity contribution < 1.29 is 14.3 Å². The van der Waals surface area contributed by atoms with Crippen molar-refractivity contribution in [1.82, 2.24) is 20.2 Å². The zero-order valence-corrected chi connectivity index (χ0v) is 16.6. The SMILES string of the molecule is COc1cc(Nc2cc(C(=O)NCCCN(C)C)ncn2)c(OC)cc1Cl. The second-order valence-electron chi connectivity index (χ2n) is 6.01. The molecule has 2 N–H and O–H groups in total. The van der Waals surface area contributed by atoms with Crippen LogP contribution >= 0.6 is 11.6 Å². The number of carbonyl (C=O) groups is 1. The van der Waals surface area contributed by atoms with Crippen molar-refractivity contribution in [3.8, 4) is 11.5 Å². The van der Waals surface area contributed by atoms with Crippen LogP contribution in [0.3, 0.4) is 0 Å². The summed E-state index contributed by atoms with van der Waals surface area (Å²) in [6, 6.07) is 4.91. The Balaban J connectivity index is 2.10. The zero-order valence-electron chi connectivity index (χ0n) is 15.9. The molecule has 0 aliphatic rings. The number of methoxy groups -OCH3 is 2. The summed E-state index contributed by atoms with van der Waals surface area (Å²) in [5, 5.41) is 6.38. The third-order valence-corrected chi connectivity index (χ3v) is 4.00. The molecule has 0 saturated carbocycles. The second kappa shape index (κ2) is 9.94. The zero-order chi connectivity index (χ0) is 19.8. The van der Waals surface area contributed by atoms with Gasteiger partial charge in [0.15, 0.2) is 0 Å². The number of nitrogens with one attached hydrogen (secondary N) is 2. The first-order valence-electron chi connectivity index (χ1n) is 8.38. The van der Waals surface area contributed by atoms with Gasteiger partial charge in [-0.15, -0.1) is 0 Å². The predicted octanol–water partition coefficient (Wildman–Crippen LogP) is 2.57. The Morgan fingerprint density at radius 2 is 1.89 bits per heavy atom. The Labute approximate surface area is 163 Å². The van der Waals surface area contributed by atoms with Gasteiger partial charge >= 0.3 is 0 Å². The van der Waals surface area contributed by atoms with Crippen molar-refractivity contribution in [2.45, 2.75) is 6.42 Å². The molecule has 27 heavy (non-hydrogen) atoms. The summed E-state index contributed by atoms with van der Waals surface area (Å²) < 4.78 is 10.6. The van der Waals surface area contributed by atoms with Gasteiger partial charge in [-0.05, 0) is 27.1 Å². The second-order valence-corrected chi connectivity index (χ2v) is 6.42. The quantitative estimate of drug-likeness (QED) is 0.633. The molecule has 0 unspecified atom stereocenters. The molecule has 0 bridgehead atoms. The summed E-state index contributed by atoms with van der Waals surface area (Å²) in [4.78, 5) is 22.5. The number of carbonyl (C=O) groups excluding carboxylic acids is 1. The molecule has 0 aliphatic heterocycles. The number of anilines is 2. The number of ether oxygens (including phenoxy) is 2. The van der Waals surface area contributed by atoms with E-state index < -0.39 is 0 Å². The first-order chi connectivity index (χ1) is 12.9. The minimum atomic E-state index is -0.250. The van der Waals surface area contributed by atoms with E-state index in [1.807, 2.05) is 14.1 Å². The van der Waals surface area contributed by atoms with Crippen LogP contribution in [0.25, 0.3) is 0 Å². The van der Waals surface area contributed by atoms with Crippen molar-refractivity contribution in [1.29, 1.82) is 0 Å². The highest BCUT2D eigenvalue weighted by Gasteiger charge is 2.13. The maximum Gasteiger partial charge on any atom is 0.270 e. The molecule has 1 aromatic carbocycles. The topological polar surface area (TPSA) is 88.6 Å². The highest BCUT2D eigenvalue weighted by molar-refractivity contribution is 6.32. The fourth-order valence-corrected chi connectivity index (χ4v) is 2.56. The highest BCUT2D eigenvalue weighted by atomic mass is 35.5. The van der Waals surface area contributed by atoms with E-state index in [2.05, 4.69) is 25.5 Å². The summed E-state index contributed by atoms with van der Waals surface area (Å²) in [5.74, 6) is 1.22. The minimum absolute atomic E-state index is 0.250. The van der Waals surface area contributed by atoms with Crippen LogP contribution in [-0.4, -0.2) is 62.2 Å². The van der Waals surface area contributed by atoms with Gasteiger partial charge in [-0.3, -0.25) is 4.79 Å². The molecule has 0 atom stereocenters. The fourth-order valence-electron chi connectivity index (χ4n) is 2.33. The van der Waals surface area contributed by atoms with E-state index in [4.69, 9.17) is 21.1 Å². The minimum Gasteiger partial charge on any atom is -0.495 e. The summed E-state index contributed by atoms with van der Waals surface area (Å²) in [5.41, 5.74) is 0.882.